The molecule has 0 aromatic heterocycles. The van der Waals surface area contributed by atoms with Crippen molar-refractivity contribution in [3.05, 3.63) is 29.8 Å². The van der Waals surface area contributed by atoms with E-state index in [2.05, 4.69) is 0 Å². The van der Waals surface area contributed by atoms with Crippen LogP contribution in [0, 0.1) is 0 Å². The van der Waals surface area contributed by atoms with Gasteiger partial charge in [0.25, 0.3) is 0 Å². The van der Waals surface area contributed by atoms with Gasteiger partial charge in [0.2, 0.25) is 0 Å². The molecule has 118 valence electrons. The number of benzene rings is 1. The molecule has 21 heavy (non-hydrogen) atoms. The molecule has 1 aromatic carbocycles. The molecule has 0 aliphatic rings. The fourth-order valence-corrected chi connectivity index (χ4v) is 1.52. The molecule has 0 amide bonds. The summed E-state index contributed by atoms with van der Waals surface area (Å²) in [6.45, 7) is 0.754. The Labute approximate surface area is 120 Å². The predicted octanol–water partition coefficient (Wildman–Crippen LogP) is 3.51. The highest BCUT2D eigenvalue weighted by Crippen LogP contribution is 2.21. The average molecular weight is 306 g/mol. The number of carbonyl (C=O) groups is 1. The van der Waals surface area contributed by atoms with Crippen molar-refractivity contribution in [3.63, 3.8) is 0 Å². The molecule has 4 nitrogen and oxygen atoms in total. The molecular formula is C14H17F3O4. The summed E-state index contributed by atoms with van der Waals surface area (Å²) in [5.74, 6) is -0.467. The first-order valence-corrected chi connectivity index (χ1v) is 6.49. The Hall–Kier alpha value is -1.76. The number of hydrogen-bond acceptors (Lipinski definition) is 3. The third-order valence-electron chi connectivity index (χ3n) is 2.55. The molecule has 0 unspecified atom stereocenters. The van der Waals surface area contributed by atoms with Crippen molar-refractivity contribution in [2.75, 3.05) is 19.8 Å². The molecule has 0 fully saturated rings. The van der Waals surface area contributed by atoms with Gasteiger partial charge in [0.1, 0.15) is 5.75 Å². The van der Waals surface area contributed by atoms with Crippen molar-refractivity contribution in [1.82, 2.24) is 0 Å². The molecule has 0 atom stereocenters. The molecule has 1 aromatic rings. The van der Waals surface area contributed by atoms with Crippen LogP contribution in [-0.4, -0.2) is 37.1 Å². The van der Waals surface area contributed by atoms with E-state index in [1.54, 1.807) is 12.1 Å². The highest BCUT2D eigenvalue weighted by molar-refractivity contribution is 5.87. The smallest absolute Gasteiger partial charge is 0.389 e. The highest BCUT2D eigenvalue weighted by Gasteiger charge is 2.25. The first-order valence-electron chi connectivity index (χ1n) is 6.49. The minimum absolute atomic E-state index is 0.0407. The van der Waals surface area contributed by atoms with Gasteiger partial charge >= 0.3 is 12.1 Å². The number of carboxylic acid groups (broad SMARTS) is 1. The molecule has 0 aliphatic heterocycles. The van der Waals surface area contributed by atoms with Gasteiger partial charge in [-0.3, -0.25) is 0 Å². The van der Waals surface area contributed by atoms with Gasteiger partial charge < -0.3 is 14.6 Å². The molecule has 0 radical (unpaired) electrons. The Bertz CT molecular complexity index is 429. The minimum Gasteiger partial charge on any atom is -0.494 e. The third-order valence-corrected chi connectivity index (χ3v) is 2.55. The normalized spacial score (nSPS) is 11.4. The van der Waals surface area contributed by atoms with Gasteiger partial charge in [-0.1, -0.05) is 0 Å². The van der Waals surface area contributed by atoms with Crippen molar-refractivity contribution < 1.29 is 32.5 Å². The second-order valence-electron chi connectivity index (χ2n) is 4.36. The van der Waals surface area contributed by atoms with Crippen LogP contribution in [0.15, 0.2) is 24.3 Å². The van der Waals surface area contributed by atoms with E-state index in [9.17, 15) is 18.0 Å². The van der Waals surface area contributed by atoms with Crippen molar-refractivity contribution in [3.8, 4) is 5.75 Å². The minimum atomic E-state index is -4.13. The summed E-state index contributed by atoms with van der Waals surface area (Å²) >= 11 is 0. The summed E-state index contributed by atoms with van der Waals surface area (Å²) in [7, 11) is 0. The van der Waals surface area contributed by atoms with Gasteiger partial charge in [-0.05, 0) is 30.7 Å². The van der Waals surface area contributed by atoms with E-state index in [0.717, 1.165) is 0 Å². The summed E-state index contributed by atoms with van der Waals surface area (Å²) in [5, 5.41) is 8.72. The number of ether oxygens (including phenoxy) is 2. The van der Waals surface area contributed by atoms with Crippen LogP contribution in [0.25, 0.3) is 0 Å². The first-order chi connectivity index (χ1) is 9.88. The summed E-state index contributed by atoms with van der Waals surface area (Å²) in [6, 6.07) is 5.97. The Balaban J connectivity index is 2.05. The lowest BCUT2D eigenvalue weighted by Crippen LogP contribution is -2.09. The topological polar surface area (TPSA) is 55.8 Å². The van der Waals surface area contributed by atoms with Crippen LogP contribution in [0.4, 0.5) is 13.2 Å². The van der Waals surface area contributed by atoms with Crippen molar-refractivity contribution in [2.45, 2.75) is 25.4 Å². The maximum Gasteiger partial charge on any atom is 0.389 e. The molecule has 0 aliphatic carbocycles. The Morgan fingerprint density at radius 1 is 1.05 bits per heavy atom. The second-order valence-corrected chi connectivity index (χ2v) is 4.36. The standard InChI is InChI=1S/C14H17F3O4/c15-14(16,17)7-1-8-20-9-2-10-21-12-5-3-11(4-6-12)13(18)19/h3-6H,1-2,7-10H2,(H,18,19). The highest BCUT2D eigenvalue weighted by atomic mass is 19.4. The van der Waals surface area contributed by atoms with Crippen LogP contribution < -0.4 is 4.74 Å². The summed E-state index contributed by atoms with van der Waals surface area (Å²) in [6.07, 6.45) is -4.46. The number of aromatic carboxylic acids is 1. The van der Waals surface area contributed by atoms with E-state index in [0.29, 0.717) is 25.4 Å². The molecule has 0 bridgehead atoms. The summed E-state index contributed by atoms with van der Waals surface area (Å²) in [4.78, 5) is 10.6. The maximum atomic E-state index is 11.8. The Morgan fingerprint density at radius 2 is 1.67 bits per heavy atom. The van der Waals surface area contributed by atoms with Gasteiger partial charge in [-0.2, -0.15) is 13.2 Å². The number of alkyl halides is 3. The van der Waals surface area contributed by atoms with E-state index >= 15 is 0 Å². The van der Waals surface area contributed by atoms with Crippen molar-refractivity contribution >= 4 is 5.97 Å². The van der Waals surface area contributed by atoms with Gasteiger partial charge in [-0.15, -0.1) is 0 Å². The number of carboxylic acids is 1. The summed E-state index contributed by atoms with van der Waals surface area (Å²) < 4.78 is 45.9. The largest absolute Gasteiger partial charge is 0.494 e. The zero-order valence-electron chi connectivity index (χ0n) is 11.4. The van der Waals surface area contributed by atoms with Gasteiger partial charge in [-0.25, -0.2) is 4.79 Å². The average Bonchev–Trinajstić information content (AvgIpc) is 2.41. The fraction of sp³-hybridized carbons (Fsp3) is 0.500. The summed E-state index contributed by atoms with van der Waals surface area (Å²) in [5.41, 5.74) is 0.176. The van der Waals surface area contributed by atoms with Crippen LogP contribution in [0.3, 0.4) is 0 Å². The SMILES string of the molecule is O=C(O)c1ccc(OCCCOCCCC(F)(F)F)cc1. The van der Waals surface area contributed by atoms with Crippen molar-refractivity contribution in [2.24, 2.45) is 0 Å². The quantitative estimate of drug-likeness (QED) is 0.709. The molecular weight excluding hydrogens is 289 g/mol. The second kappa shape index (κ2) is 8.51. The molecule has 7 heteroatoms. The number of hydrogen-bond donors (Lipinski definition) is 1. The molecule has 0 spiro atoms. The van der Waals surface area contributed by atoms with Gasteiger partial charge in [0.15, 0.2) is 0 Å². The van der Waals surface area contributed by atoms with Crippen molar-refractivity contribution in [1.29, 1.82) is 0 Å². The molecule has 0 saturated carbocycles. The van der Waals surface area contributed by atoms with Crippen LogP contribution in [0.2, 0.25) is 0 Å². The zero-order valence-corrected chi connectivity index (χ0v) is 11.4. The number of halogens is 3. The maximum absolute atomic E-state index is 11.8. The molecule has 0 heterocycles. The van der Waals surface area contributed by atoms with E-state index < -0.39 is 18.6 Å². The van der Waals surface area contributed by atoms with Gasteiger partial charge in [0.05, 0.1) is 12.2 Å². The first kappa shape index (κ1) is 17.3. The monoisotopic (exact) mass is 306 g/mol. The predicted molar refractivity (Wildman–Crippen MR) is 69.6 cm³/mol. The lowest BCUT2D eigenvalue weighted by atomic mass is 10.2. The van der Waals surface area contributed by atoms with E-state index in [4.69, 9.17) is 14.6 Å². The fourth-order valence-electron chi connectivity index (χ4n) is 1.52. The van der Waals surface area contributed by atoms with E-state index in [1.165, 1.54) is 12.1 Å². The third kappa shape index (κ3) is 8.19. The number of rotatable bonds is 9. The van der Waals surface area contributed by atoms with E-state index in [-0.39, 0.29) is 18.6 Å². The molecule has 1 rings (SSSR count). The van der Waals surface area contributed by atoms with Gasteiger partial charge in [0, 0.05) is 26.1 Å². The van der Waals surface area contributed by atoms with Crippen LogP contribution in [-0.2, 0) is 4.74 Å². The van der Waals surface area contributed by atoms with Crippen LogP contribution in [0.1, 0.15) is 29.6 Å². The lowest BCUT2D eigenvalue weighted by molar-refractivity contribution is -0.137. The molecule has 0 saturated heterocycles. The van der Waals surface area contributed by atoms with E-state index in [1.807, 2.05) is 0 Å². The van der Waals surface area contributed by atoms with Crippen LogP contribution >= 0.6 is 0 Å². The molecule has 1 N–H and O–H groups in total. The Kier molecular flexibility index (Phi) is 7.01. The van der Waals surface area contributed by atoms with Crippen LogP contribution in [0.5, 0.6) is 5.75 Å². The lowest BCUT2D eigenvalue weighted by Gasteiger charge is -2.08. The Morgan fingerprint density at radius 3 is 2.24 bits per heavy atom. The zero-order chi connectivity index (χ0) is 15.7.